The van der Waals surface area contributed by atoms with E-state index in [9.17, 15) is 9.18 Å². The minimum Gasteiger partial charge on any atom is -0.323 e. The lowest BCUT2D eigenvalue weighted by atomic mass is 10.2. The number of carbonyl (C=O) groups excluding carboxylic acids is 1. The monoisotopic (exact) mass is 410 g/mol. The van der Waals surface area contributed by atoms with Crippen molar-refractivity contribution >= 4 is 46.6 Å². The first-order valence-corrected chi connectivity index (χ1v) is 9.21. The fourth-order valence-electron chi connectivity index (χ4n) is 2.20. The maximum Gasteiger partial charge on any atom is 0.234 e. The summed E-state index contributed by atoms with van der Waals surface area (Å²) in [6, 6.07) is 11.3. The molecule has 0 aliphatic carbocycles. The molecule has 0 aliphatic rings. The number of hydrogen-bond donors (Lipinski definition) is 1. The summed E-state index contributed by atoms with van der Waals surface area (Å²) in [6.07, 6.45) is 0. The molecule has 1 aromatic heterocycles. The molecule has 0 unspecified atom stereocenters. The van der Waals surface area contributed by atoms with Crippen LogP contribution < -0.4 is 5.32 Å². The third-order valence-electron chi connectivity index (χ3n) is 3.47. The molecule has 0 spiro atoms. The lowest BCUT2D eigenvalue weighted by molar-refractivity contribution is -0.113. The van der Waals surface area contributed by atoms with Gasteiger partial charge in [-0.3, -0.25) is 4.79 Å². The van der Waals surface area contributed by atoms with E-state index in [1.807, 2.05) is 19.2 Å². The van der Waals surface area contributed by atoms with Gasteiger partial charge in [-0.1, -0.05) is 35.0 Å². The van der Waals surface area contributed by atoms with Gasteiger partial charge in [-0.2, -0.15) is 0 Å². The average Bonchev–Trinajstić information content (AvgIpc) is 2.97. The first-order chi connectivity index (χ1) is 12.4. The number of nitrogens with zero attached hydrogens (tertiary/aromatic N) is 3. The molecule has 0 atom stereocenters. The van der Waals surface area contributed by atoms with Crippen molar-refractivity contribution in [1.82, 2.24) is 14.8 Å². The van der Waals surface area contributed by atoms with Gasteiger partial charge in [0.25, 0.3) is 0 Å². The molecule has 0 radical (unpaired) electrons. The molecule has 3 aromatic rings. The van der Waals surface area contributed by atoms with Crippen LogP contribution in [0.15, 0.2) is 47.6 Å². The van der Waals surface area contributed by atoms with Crippen LogP contribution in [0.5, 0.6) is 0 Å². The van der Waals surface area contributed by atoms with Gasteiger partial charge >= 0.3 is 0 Å². The van der Waals surface area contributed by atoms with Gasteiger partial charge < -0.3 is 9.88 Å². The Hall–Kier alpha value is -2.09. The van der Waals surface area contributed by atoms with Gasteiger partial charge in [0.15, 0.2) is 11.0 Å². The summed E-state index contributed by atoms with van der Waals surface area (Å²) >= 11 is 12.8. The van der Waals surface area contributed by atoms with Crippen molar-refractivity contribution in [2.75, 3.05) is 11.1 Å². The van der Waals surface area contributed by atoms with Crippen LogP contribution in [0.4, 0.5) is 10.1 Å². The van der Waals surface area contributed by atoms with Crippen molar-refractivity contribution in [1.29, 1.82) is 0 Å². The Morgan fingerprint density at radius 2 is 1.85 bits per heavy atom. The van der Waals surface area contributed by atoms with E-state index in [0.717, 1.165) is 11.6 Å². The average molecular weight is 411 g/mol. The van der Waals surface area contributed by atoms with Crippen molar-refractivity contribution in [3.63, 3.8) is 0 Å². The van der Waals surface area contributed by atoms with Gasteiger partial charge in [-0.15, -0.1) is 10.2 Å². The van der Waals surface area contributed by atoms with E-state index in [0.29, 0.717) is 16.0 Å². The first-order valence-electron chi connectivity index (χ1n) is 7.47. The van der Waals surface area contributed by atoms with E-state index in [-0.39, 0.29) is 22.4 Å². The Morgan fingerprint density at radius 1 is 1.15 bits per heavy atom. The maximum absolute atomic E-state index is 13.7. The number of carbonyl (C=O) groups is 1. The lowest BCUT2D eigenvalue weighted by Gasteiger charge is -2.07. The largest absolute Gasteiger partial charge is 0.323 e. The first kappa shape index (κ1) is 18.7. The van der Waals surface area contributed by atoms with Crippen molar-refractivity contribution in [3.8, 4) is 11.4 Å². The van der Waals surface area contributed by atoms with E-state index in [2.05, 4.69) is 15.5 Å². The highest BCUT2D eigenvalue weighted by molar-refractivity contribution is 7.99. The number of benzene rings is 2. The summed E-state index contributed by atoms with van der Waals surface area (Å²) in [7, 11) is 1.81. The van der Waals surface area contributed by atoms with Crippen LogP contribution in [0.1, 0.15) is 0 Å². The van der Waals surface area contributed by atoms with Crippen LogP contribution in [-0.4, -0.2) is 26.4 Å². The van der Waals surface area contributed by atoms with Crippen molar-refractivity contribution in [2.24, 2.45) is 7.05 Å². The zero-order valence-electron chi connectivity index (χ0n) is 13.5. The Labute approximate surface area is 163 Å². The van der Waals surface area contributed by atoms with Gasteiger partial charge in [0, 0.05) is 22.7 Å². The van der Waals surface area contributed by atoms with Crippen molar-refractivity contribution in [3.05, 3.63) is 58.3 Å². The molecule has 3 rings (SSSR count). The number of aromatic nitrogens is 3. The minimum atomic E-state index is -0.584. The Bertz CT molecular complexity index is 946. The summed E-state index contributed by atoms with van der Waals surface area (Å²) in [5, 5.41) is 12.2. The molecule has 0 fully saturated rings. The Kier molecular flexibility index (Phi) is 5.80. The Morgan fingerprint density at radius 3 is 2.54 bits per heavy atom. The van der Waals surface area contributed by atoms with Gasteiger partial charge in [0.1, 0.15) is 5.82 Å². The molecule has 1 amide bonds. The maximum atomic E-state index is 13.7. The second kappa shape index (κ2) is 8.07. The van der Waals surface area contributed by atoms with Crippen molar-refractivity contribution in [2.45, 2.75) is 5.16 Å². The quantitative estimate of drug-likeness (QED) is 0.621. The fraction of sp³-hybridized carbons (Fsp3) is 0.118. The molecule has 9 heteroatoms. The lowest BCUT2D eigenvalue weighted by Crippen LogP contribution is -2.15. The normalized spacial score (nSPS) is 10.8. The molecule has 0 saturated carbocycles. The highest BCUT2D eigenvalue weighted by Gasteiger charge is 2.14. The van der Waals surface area contributed by atoms with Gasteiger partial charge in [-0.05, 0) is 42.5 Å². The third kappa shape index (κ3) is 4.35. The Balaban J connectivity index is 1.64. The molecule has 0 saturated heterocycles. The van der Waals surface area contributed by atoms with Gasteiger partial charge in [0.2, 0.25) is 5.91 Å². The predicted molar refractivity (Wildman–Crippen MR) is 102 cm³/mol. The molecule has 134 valence electrons. The van der Waals surface area contributed by atoms with Crippen LogP contribution in [0.2, 0.25) is 10.0 Å². The van der Waals surface area contributed by atoms with Crippen LogP contribution in [0.25, 0.3) is 11.4 Å². The summed E-state index contributed by atoms with van der Waals surface area (Å²) in [5.41, 5.74) is 0.948. The number of anilines is 1. The van der Waals surface area contributed by atoms with Crippen LogP contribution in [-0.2, 0) is 11.8 Å². The van der Waals surface area contributed by atoms with Crippen LogP contribution in [0.3, 0.4) is 0 Å². The van der Waals surface area contributed by atoms with E-state index in [1.54, 1.807) is 16.7 Å². The number of halogens is 3. The molecule has 1 N–H and O–H groups in total. The second-order valence-corrected chi connectivity index (χ2v) is 7.15. The molecule has 0 aliphatic heterocycles. The van der Waals surface area contributed by atoms with E-state index < -0.39 is 5.82 Å². The number of amides is 1. The standard InChI is InChI=1S/C17H13Cl2FN4OS/c1-24-16(10-2-4-11(18)5-3-10)22-23-17(24)26-9-15(25)21-14-7-6-12(19)8-13(14)20/h2-8H,9H2,1H3,(H,21,25). The SMILES string of the molecule is Cn1c(SCC(=O)Nc2ccc(Cl)cc2F)nnc1-c1ccc(Cl)cc1. The van der Waals surface area contributed by atoms with Crippen molar-refractivity contribution < 1.29 is 9.18 Å². The molecular formula is C17H13Cl2FN4OS. The van der Waals surface area contributed by atoms with E-state index in [1.165, 1.54) is 23.9 Å². The summed E-state index contributed by atoms with van der Waals surface area (Å²) in [4.78, 5) is 12.0. The zero-order valence-corrected chi connectivity index (χ0v) is 15.9. The minimum absolute atomic E-state index is 0.0641. The fourth-order valence-corrected chi connectivity index (χ4v) is 3.19. The number of rotatable bonds is 5. The molecule has 2 aromatic carbocycles. The van der Waals surface area contributed by atoms with E-state index in [4.69, 9.17) is 23.2 Å². The topological polar surface area (TPSA) is 59.8 Å². The molecule has 5 nitrogen and oxygen atoms in total. The van der Waals surface area contributed by atoms with Gasteiger partial charge in [-0.25, -0.2) is 4.39 Å². The summed E-state index contributed by atoms with van der Waals surface area (Å²) < 4.78 is 15.5. The smallest absolute Gasteiger partial charge is 0.234 e. The second-order valence-electron chi connectivity index (χ2n) is 5.33. The highest BCUT2D eigenvalue weighted by atomic mass is 35.5. The molecule has 0 bridgehead atoms. The number of nitrogens with one attached hydrogen (secondary N) is 1. The predicted octanol–water partition coefficient (Wildman–Crippen LogP) is 4.66. The molecular weight excluding hydrogens is 398 g/mol. The molecule has 1 heterocycles. The summed E-state index contributed by atoms with van der Waals surface area (Å²) in [6.45, 7) is 0. The highest BCUT2D eigenvalue weighted by Crippen LogP contribution is 2.24. The summed E-state index contributed by atoms with van der Waals surface area (Å²) in [5.74, 6) is -0.214. The van der Waals surface area contributed by atoms with Crippen LogP contribution >= 0.6 is 35.0 Å². The van der Waals surface area contributed by atoms with Crippen LogP contribution in [0, 0.1) is 5.82 Å². The van der Waals surface area contributed by atoms with Gasteiger partial charge in [0.05, 0.1) is 11.4 Å². The van der Waals surface area contributed by atoms with E-state index >= 15 is 0 Å². The molecule has 26 heavy (non-hydrogen) atoms. The third-order valence-corrected chi connectivity index (χ3v) is 4.98. The zero-order chi connectivity index (χ0) is 18.7. The number of hydrogen-bond acceptors (Lipinski definition) is 4. The number of thioether (sulfide) groups is 1.